The average molecular weight is 719 g/mol. The first-order valence-corrected chi connectivity index (χ1v) is 15.2. The molecule has 1 atom stereocenters. The standard InChI is InChI=1S/C26H30BrN5O5S.C2HF3O2/c1-4-36-22-15-18(11-14-21(22)37-16(2)3)24(30-19-12-9-17(10-13-19)25(28)29)26(33)31-32-38(34,35)23-8-6-5-7-20(23)27;3-2(4,5)1(6)7/h5-16,24,30,32H,4H2,1-3H3,(H3,28,29)(H,31,33);(H,6,7). The van der Waals surface area contributed by atoms with E-state index in [-0.39, 0.29) is 16.8 Å². The number of nitrogens with one attached hydrogen (secondary N) is 4. The zero-order valence-corrected chi connectivity index (χ0v) is 26.5. The number of carboxylic acids is 1. The smallest absolute Gasteiger partial charge is 0.490 e. The van der Waals surface area contributed by atoms with E-state index in [4.69, 9.17) is 30.5 Å². The number of nitrogen functional groups attached to an aromatic ring is 1. The number of aliphatic carboxylic acids is 1. The van der Waals surface area contributed by atoms with E-state index in [9.17, 15) is 26.4 Å². The summed E-state index contributed by atoms with van der Waals surface area (Å²) in [5.41, 5.74) is 9.41. The predicted molar refractivity (Wildman–Crippen MR) is 163 cm³/mol. The number of hydrogen-bond acceptors (Lipinski definition) is 8. The number of anilines is 1. The second-order valence-corrected chi connectivity index (χ2v) is 11.7. The van der Waals surface area contributed by atoms with Crippen molar-refractivity contribution >= 4 is 49.4 Å². The van der Waals surface area contributed by atoms with E-state index in [1.807, 2.05) is 20.8 Å². The van der Waals surface area contributed by atoms with E-state index in [1.54, 1.807) is 60.7 Å². The molecule has 7 N–H and O–H groups in total. The highest BCUT2D eigenvalue weighted by atomic mass is 79.9. The van der Waals surface area contributed by atoms with Gasteiger partial charge in [0, 0.05) is 15.7 Å². The second-order valence-electron chi connectivity index (χ2n) is 9.20. The van der Waals surface area contributed by atoms with Crippen LogP contribution in [0.2, 0.25) is 0 Å². The summed E-state index contributed by atoms with van der Waals surface area (Å²) in [7, 11) is -4.07. The maximum atomic E-state index is 13.4. The molecule has 0 aliphatic carbocycles. The summed E-state index contributed by atoms with van der Waals surface area (Å²) < 4.78 is 69.3. The van der Waals surface area contributed by atoms with E-state index in [0.29, 0.717) is 39.4 Å². The van der Waals surface area contributed by atoms with Gasteiger partial charge in [-0.05, 0) is 90.8 Å². The molecular weight excluding hydrogens is 687 g/mol. The van der Waals surface area contributed by atoms with Gasteiger partial charge in [-0.15, -0.1) is 4.83 Å². The molecule has 0 saturated carbocycles. The maximum absolute atomic E-state index is 13.4. The lowest BCUT2D eigenvalue weighted by Gasteiger charge is -2.22. The van der Waals surface area contributed by atoms with Crippen LogP contribution in [-0.4, -0.2) is 50.1 Å². The molecule has 45 heavy (non-hydrogen) atoms. The number of hydrazine groups is 1. The largest absolute Gasteiger partial charge is 0.490 e. The number of amidine groups is 1. The Balaban J connectivity index is 0.000000900. The van der Waals surface area contributed by atoms with Crippen LogP contribution < -0.4 is 30.8 Å². The Kier molecular flexibility index (Phi) is 13.2. The van der Waals surface area contributed by atoms with Crippen molar-refractivity contribution in [3.8, 4) is 11.5 Å². The average Bonchev–Trinajstić information content (AvgIpc) is 2.96. The van der Waals surface area contributed by atoms with Crippen molar-refractivity contribution in [2.45, 2.75) is 44.0 Å². The monoisotopic (exact) mass is 717 g/mol. The normalized spacial score (nSPS) is 11.9. The van der Waals surface area contributed by atoms with Gasteiger partial charge >= 0.3 is 12.1 Å². The molecule has 0 aliphatic rings. The van der Waals surface area contributed by atoms with Gasteiger partial charge in [0.15, 0.2) is 11.5 Å². The first-order chi connectivity index (χ1) is 21.0. The lowest BCUT2D eigenvalue weighted by atomic mass is 10.0. The van der Waals surface area contributed by atoms with Gasteiger partial charge in [-0.25, -0.2) is 13.2 Å². The molecule has 1 amide bonds. The first kappa shape index (κ1) is 36.8. The molecule has 0 aliphatic heterocycles. The first-order valence-electron chi connectivity index (χ1n) is 13.0. The molecule has 0 bridgehead atoms. The molecule has 0 heterocycles. The summed E-state index contributed by atoms with van der Waals surface area (Å²) in [5.74, 6) is -2.55. The van der Waals surface area contributed by atoms with Crippen LogP contribution in [0.1, 0.15) is 37.9 Å². The molecule has 12 nitrogen and oxygen atoms in total. The van der Waals surface area contributed by atoms with Gasteiger partial charge < -0.3 is 25.6 Å². The van der Waals surface area contributed by atoms with Crippen LogP contribution in [0, 0.1) is 5.41 Å². The van der Waals surface area contributed by atoms with Gasteiger partial charge in [0.2, 0.25) is 0 Å². The molecule has 0 spiro atoms. The highest BCUT2D eigenvalue weighted by Crippen LogP contribution is 2.33. The van der Waals surface area contributed by atoms with Crippen LogP contribution in [0.25, 0.3) is 0 Å². The predicted octanol–water partition coefficient (Wildman–Crippen LogP) is 4.72. The molecule has 3 aromatic rings. The summed E-state index contributed by atoms with van der Waals surface area (Å²) in [4.78, 5) is 24.4. The Hall–Kier alpha value is -4.35. The Morgan fingerprint density at radius 1 is 1.04 bits per heavy atom. The summed E-state index contributed by atoms with van der Waals surface area (Å²) in [6, 6.07) is 16.9. The molecule has 0 aromatic heterocycles. The number of ether oxygens (including phenoxy) is 2. The van der Waals surface area contributed by atoms with E-state index in [1.165, 1.54) is 6.07 Å². The minimum Gasteiger partial charge on any atom is -0.490 e. The fourth-order valence-corrected chi connectivity index (χ4v) is 5.30. The number of sulfonamides is 1. The third kappa shape index (κ3) is 11.3. The molecule has 0 fully saturated rings. The Bertz CT molecular complexity index is 1600. The zero-order valence-electron chi connectivity index (χ0n) is 24.1. The number of hydrogen-bond donors (Lipinski definition) is 6. The van der Waals surface area contributed by atoms with E-state index < -0.39 is 34.1 Å². The van der Waals surface area contributed by atoms with Crippen molar-refractivity contribution in [1.82, 2.24) is 10.3 Å². The highest BCUT2D eigenvalue weighted by Gasteiger charge is 2.38. The van der Waals surface area contributed by atoms with Crippen molar-refractivity contribution < 1.29 is 45.8 Å². The molecule has 17 heteroatoms. The van der Waals surface area contributed by atoms with Crippen molar-refractivity contribution in [1.29, 1.82) is 5.41 Å². The fourth-order valence-electron chi connectivity index (χ4n) is 3.44. The number of carboxylic acid groups (broad SMARTS) is 1. The molecule has 244 valence electrons. The second kappa shape index (κ2) is 16.1. The van der Waals surface area contributed by atoms with Crippen LogP contribution >= 0.6 is 15.9 Å². The molecule has 0 saturated heterocycles. The third-order valence-corrected chi connectivity index (χ3v) is 7.67. The minimum atomic E-state index is -5.08. The van der Waals surface area contributed by atoms with Gasteiger partial charge in [-0.2, -0.15) is 13.2 Å². The zero-order chi connectivity index (χ0) is 33.9. The highest BCUT2D eigenvalue weighted by molar-refractivity contribution is 9.10. The van der Waals surface area contributed by atoms with Crippen molar-refractivity contribution in [2.24, 2.45) is 5.73 Å². The fraction of sp³-hybridized carbons (Fsp3) is 0.250. The third-order valence-electron chi connectivity index (χ3n) is 5.41. The summed E-state index contributed by atoms with van der Waals surface area (Å²) in [6.07, 6.45) is -5.18. The van der Waals surface area contributed by atoms with Crippen molar-refractivity contribution in [3.63, 3.8) is 0 Å². The van der Waals surface area contributed by atoms with Crippen LogP contribution in [0.4, 0.5) is 18.9 Å². The van der Waals surface area contributed by atoms with Crippen LogP contribution in [0.3, 0.4) is 0 Å². The van der Waals surface area contributed by atoms with Gasteiger partial charge in [0.1, 0.15) is 11.9 Å². The Morgan fingerprint density at radius 2 is 1.64 bits per heavy atom. The number of carbonyl (C=O) groups excluding carboxylic acids is 1. The van der Waals surface area contributed by atoms with Gasteiger partial charge in [-0.3, -0.25) is 15.6 Å². The summed E-state index contributed by atoms with van der Waals surface area (Å²) >= 11 is 3.22. The SMILES string of the molecule is CCOc1cc(C(Nc2ccc(C(=N)N)cc2)C(=O)NNS(=O)(=O)c2ccccc2Br)ccc1OC(C)C.O=C(O)C(F)(F)F. The number of nitrogens with two attached hydrogens (primary N) is 1. The number of halogens is 4. The number of benzene rings is 3. The molecule has 3 rings (SSSR count). The minimum absolute atomic E-state index is 0.0292. The maximum Gasteiger partial charge on any atom is 0.490 e. The number of rotatable bonds is 12. The van der Waals surface area contributed by atoms with Gasteiger partial charge in [-0.1, -0.05) is 18.2 Å². The molecule has 3 aromatic carbocycles. The molecule has 0 radical (unpaired) electrons. The summed E-state index contributed by atoms with van der Waals surface area (Å²) in [6.45, 7) is 5.99. The number of carbonyl (C=O) groups is 2. The van der Waals surface area contributed by atoms with E-state index in [2.05, 4.69) is 31.5 Å². The number of amides is 1. The van der Waals surface area contributed by atoms with Crippen molar-refractivity contribution in [3.05, 3.63) is 82.3 Å². The quantitative estimate of drug-likeness (QED) is 0.0874. The van der Waals surface area contributed by atoms with E-state index in [0.717, 1.165) is 0 Å². The van der Waals surface area contributed by atoms with E-state index >= 15 is 0 Å². The van der Waals surface area contributed by atoms with Crippen LogP contribution in [0.5, 0.6) is 11.5 Å². The van der Waals surface area contributed by atoms with Gasteiger partial charge in [0.25, 0.3) is 15.9 Å². The van der Waals surface area contributed by atoms with Crippen molar-refractivity contribution in [2.75, 3.05) is 11.9 Å². The summed E-state index contributed by atoms with van der Waals surface area (Å²) in [5, 5.41) is 17.8. The van der Waals surface area contributed by atoms with Crippen LogP contribution in [-0.2, 0) is 19.6 Å². The van der Waals surface area contributed by atoms with Gasteiger partial charge in [0.05, 0.1) is 17.6 Å². The Morgan fingerprint density at radius 3 is 2.16 bits per heavy atom. The Labute approximate surface area is 265 Å². The topological polar surface area (TPSA) is 193 Å². The molecular formula is C28H31BrF3N5O7S. The number of alkyl halides is 3. The molecule has 1 unspecified atom stereocenters. The lowest BCUT2D eigenvalue weighted by molar-refractivity contribution is -0.192. The van der Waals surface area contributed by atoms with Crippen LogP contribution in [0.15, 0.2) is 76.1 Å². The lowest BCUT2D eigenvalue weighted by Crippen LogP contribution is -2.45.